The van der Waals surface area contributed by atoms with E-state index in [4.69, 9.17) is 28.8 Å². The first-order valence-corrected chi connectivity index (χ1v) is 9.36. The Bertz CT molecular complexity index is 888. The summed E-state index contributed by atoms with van der Waals surface area (Å²) in [4.78, 5) is 17.5. The van der Waals surface area contributed by atoms with Gasteiger partial charge in [0.2, 0.25) is 0 Å². The number of phenols is 2. The average Bonchev–Trinajstić information content (AvgIpc) is 2.76. The predicted octanol–water partition coefficient (Wildman–Crippen LogP) is 2.76. The van der Waals surface area contributed by atoms with Crippen LogP contribution in [-0.4, -0.2) is 75.2 Å². The Morgan fingerprint density at radius 2 is 1.12 bits per heavy atom. The number of nitrogens with zero attached hydrogens (tertiary/aromatic N) is 2. The standard InChI is InChI=1S/C20H24N2O6.C2H4O2.Mn/c1-25-13-7-17(23)15(19(9-13)27-3)11-21-5-6-22-12-16-18(24)8-14(26-2)10-20(16)28-4;1-2(3)4;/h7-12,23-24H,5-6H2,1-4H3;1H3,(H,3,4);/q;;+2. The molecule has 0 aromatic heterocycles. The third kappa shape index (κ3) is 9.71. The van der Waals surface area contributed by atoms with Crippen LogP contribution in [-0.2, 0) is 21.9 Å². The van der Waals surface area contributed by atoms with Crippen LogP contribution in [0.25, 0.3) is 0 Å². The molecule has 0 heterocycles. The second-order valence-corrected chi connectivity index (χ2v) is 6.11. The van der Waals surface area contributed by atoms with E-state index in [0.29, 0.717) is 47.2 Å². The summed E-state index contributed by atoms with van der Waals surface area (Å²) in [6.45, 7) is 1.84. The first kappa shape index (κ1) is 29.6. The van der Waals surface area contributed by atoms with Gasteiger partial charge in [-0.3, -0.25) is 14.8 Å². The summed E-state index contributed by atoms with van der Waals surface area (Å²) in [5.74, 6) is 1.08. The van der Waals surface area contributed by atoms with Gasteiger partial charge in [0.1, 0.15) is 34.5 Å². The molecule has 0 bridgehead atoms. The van der Waals surface area contributed by atoms with Crippen LogP contribution in [0.4, 0.5) is 0 Å². The minimum atomic E-state index is -0.833. The Morgan fingerprint density at radius 3 is 1.39 bits per heavy atom. The Balaban J connectivity index is 0.00000189. The summed E-state index contributed by atoms with van der Waals surface area (Å²) in [6.07, 6.45) is 3.04. The summed E-state index contributed by atoms with van der Waals surface area (Å²) >= 11 is 0. The maximum Gasteiger partial charge on any atom is 2.00 e. The molecule has 2 aromatic carbocycles. The number of benzene rings is 2. The van der Waals surface area contributed by atoms with Crippen molar-refractivity contribution in [1.29, 1.82) is 0 Å². The number of carboxylic acid groups (broad SMARTS) is 1. The van der Waals surface area contributed by atoms with Crippen molar-refractivity contribution in [3.05, 3.63) is 35.4 Å². The molecule has 0 fully saturated rings. The number of hydrogen-bond acceptors (Lipinski definition) is 9. The smallest absolute Gasteiger partial charge is 0.507 e. The molecule has 0 saturated heterocycles. The average molecular weight is 503 g/mol. The Kier molecular flexibility index (Phi) is 13.8. The number of rotatable bonds is 9. The van der Waals surface area contributed by atoms with Gasteiger partial charge in [0.05, 0.1) is 52.7 Å². The fraction of sp³-hybridized carbons (Fsp3) is 0.318. The number of carbonyl (C=O) groups is 1. The topological polar surface area (TPSA) is 139 Å². The van der Waals surface area contributed by atoms with Gasteiger partial charge in [0.25, 0.3) is 5.97 Å². The second-order valence-electron chi connectivity index (χ2n) is 6.11. The molecule has 0 aliphatic carbocycles. The van der Waals surface area contributed by atoms with Crippen molar-refractivity contribution < 1.29 is 56.1 Å². The van der Waals surface area contributed by atoms with Crippen LogP contribution in [0.1, 0.15) is 18.1 Å². The van der Waals surface area contributed by atoms with E-state index in [9.17, 15) is 10.2 Å². The number of ether oxygens (including phenoxy) is 4. The minimum Gasteiger partial charge on any atom is -0.507 e. The van der Waals surface area contributed by atoms with Gasteiger partial charge in [-0.1, -0.05) is 0 Å². The number of aliphatic imine (C=N–C) groups is 2. The molecule has 3 N–H and O–H groups in total. The first-order chi connectivity index (χ1) is 15.3. The summed E-state index contributed by atoms with van der Waals surface area (Å²) in [7, 11) is 6.03. The van der Waals surface area contributed by atoms with E-state index in [2.05, 4.69) is 9.98 Å². The maximum atomic E-state index is 10.1. The number of hydrogen-bond donors (Lipinski definition) is 3. The van der Waals surface area contributed by atoms with E-state index in [0.717, 1.165) is 6.92 Å². The molecule has 33 heavy (non-hydrogen) atoms. The van der Waals surface area contributed by atoms with E-state index in [1.807, 2.05) is 0 Å². The van der Waals surface area contributed by atoms with Gasteiger partial charge in [-0.05, 0) is 0 Å². The zero-order valence-electron chi connectivity index (χ0n) is 19.0. The van der Waals surface area contributed by atoms with Gasteiger partial charge < -0.3 is 34.3 Å². The monoisotopic (exact) mass is 503 g/mol. The molecular weight excluding hydrogens is 475 g/mol. The molecule has 0 aliphatic rings. The number of carboxylic acids is 1. The normalized spacial score (nSPS) is 10.2. The van der Waals surface area contributed by atoms with Gasteiger partial charge in [-0.25, -0.2) is 0 Å². The summed E-state index contributed by atoms with van der Waals surface area (Å²) in [6, 6.07) is 6.30. The molecule has 179 valence electrons. The Hall–Kier alpha value is -3.43. The van der Waals surface area contributed by atoms with Crippen molar-refractivity contribution in [2.24, 2.45) is 9.98 Å². The molecule has 11 heteroatoms. The van der Waals surface area contributed by atoms with Crippen molar-refractivity contribution in [2.75, 3.05) is 41.5 Å². The van der Waals surface area contributed by atoms with Crippen molar-refractivity contribution in [1.82, 2.24) is 0 Å². The van der Waals surface area contributed by atoms with Crippen LogP contribution < -0.4 is 18.9 Å². The molecule has 1 radical (unpaired) electrons. The Morgan fingerprint density at radius 1 is 0.788 bits per heavy atom. The predicted molar refractivity (Wildman–Crippen MR) is 121 cm³/mol. The van der Waals surface area contributed by atoms with Gasteiger partial charge in [0, 0.05) is 43.6 Å². The maximum absolute atomic E-state index is 10.1. The van der Waals surface area contributed by atoms with E-state index in [1.54, 1.807) is 12.1 Å². The van der Waals surface area contributed by atoms with Crippen LogP contribution in [0.3, 0.4) is 0 Å². The molecule has 10 nitrogen and oxygen atoms in total. The van der Waals surface area contributed by atoms with Crippen LogP contribution in [0.5, 0.6) is 34.5 Å². The molecule has 0 aliphatic heterocycles. The third-order valence-electron chi connectivity index (χ3n) is 3.90. The Labute approximate surface area is 203 Å². The van der Waals surface area contributed by atoms with Crippen molar-refractivity contribution in [3.8, 4) is 34.5 Å². The third-order valence-corrected chi connectivity index (χ3v) is 3.90. The van der Waals surface area contributed by atoms with Crippen LogP contribution >= 0.6 is 0 Å². The molecule has 0 amide bonds. The molecule has 2 aromatic rings. The molecule has 0 saturated carbocycles. The van der Waals surface area contributed by atoms with Gasteiger partial charge >= 0.3 is 17.1 Å². The zero-order chi connectivity index (χ0) is 24.1. The first-order valence-electron chi connectivity index (χ1n) is 9.36. The number of phenolic OH excluding ortho intramolecular Hbond substituents is 2. The van der Waals surface area contributed by atoms with E-state index >= 15 is 0 Å². The summed E-state index contributed by atoms with van der Waals surface area (Å²) < 4.78 is 20.7. The molecule has 0 unspecified atom stereocenters. The molecule has 0 spiro atoms. The second kappa shape index (κ2) is 15.4. The largest absolute Gasteiger partial charge is 2.00 e. The molecule has 2 rings (SSSR count). The van der Waals surface area contributed by atoms with Crippen molar-refractivity contribution in [3.63, 3.8) is 0 Å². The SMILES string of the molecule is CC(=O)O.COc1cc(O)c(C=NCCN=Cc2c(O)cc(OC)cc2OC)c(OC)c1.[Mn+2]. The number of aromatic hydroxyl groups is 2. The van der Waals surface area contributed by atoms with E-state index in [-0.39, 0.29) is 28.6 Å². The quantitative estimate of drug-likeness (QED) is 0.270. The van der Waals surface area contributed by atoms with Crippen molar-refractivity contribution in [2.45, 2.75) is 6.92 Å². The summed E-state index contributed by atoms with van der Waals surface area (Å²) in [5.41, 5.74) is 0.920. The number of aliphatic carboxylic acids is 1. The van der Waals surface area contributed by atoms with Crippen LogP contribution in [0.2, 0.25) is 0 Å². The van der Waals surface area contributed by atoms with E-state index < -0.39 is 5.97 Å². The molecule has 0 atom stereocenters. The summed E-state index contributed by atoms with van der Waals surface area (Å²) in [5, 5.41) is 27.6. The van der Waals surface area contributed by atoms with Gasteiger partial charge in [-0.2, -0.15) is 0 Å². The fourth-order valence-electron chi connectivity index (χ4n) is 2.43. The van der Waals surface area contributed by atoms with Gasteiger partial charge in [0.15, 0.2) is 0 Å². The van der Waals surface area contributed by atoms with Gasteiger partial charge in [-0.15, -0.1) is 0 Å². The van der Waals surface area contributed by atoms with Crippen LogP contribution in [0, 0.1) is 0 Å². The van der Waals surface area contributed by atoms with Crippen LogP contribution in [0.15, 0.2) is 34.3 Å². The van der Waals surface area contributed by atoms with Crippen molar-refractivity contribution >= 4 is 18.4 Å². The fourth-order valence-corrected chi connectivity index (χ4v) is 2.43. The molecular formula is C22H28MnN2O8+2. The minimum absolute atomic E-state index is 0. The number of methoxy groups -OCH3 is 4. The van der Waals surface area contributed by atoms with E-state index in [1.165, 1.54) is 53.0 Å². The zero-order valence-corrected chi connectivity index (χ0v) is 20.2.